The second-order valence-corrected chi connectivity index (χ2v) is 6.17. The lowest BCUT2D eigenvalue weighted by Crippen LogP contribution is -2.33. The van der Waals surface area contributed by atoms with Crippen LogP contribution in [0.25, 0.3) is 0 Å². The first-order valence-electron chi connectivity index (χ1n) is 6.44. The minimum Gasteiger partial charge on any atom is -0.389 e. The van der Waals surface area contributed by atoms with Crippen LogP contribution in [0, 0.1) is 0 Å². The SMILES string of the molecule is CCCN(CCN(C)C)c1ccc(Br)cc1C(N)=S. The average molecular weight is 344 g/mol. The second kappa shape index (κ2) is 7.82. The summed E-state index contributed by atoms with van der Waals surface area (Å²) in [5.74, 6) is 0. The highest BCUT2D eigenvalue weighted by atomic mass is 79.9. The van der Waals surface area contributed by atoms with E-state index in [1.54, 1.807) is 0 Å². The van der Waals surface area contributed by atoms with Gasteiger partial charge >= 0.3 is 0 Å². The number of thiocarbonyl (C=S) groups is 1. The zero-order valence-electron chi connectivity index (χ0n) is 11.8. The standard InChI is InChI=1S/C14H22BrN3S/c1-4-7-18(9-8-17(2)3)13-6-5-11(15)10-12(13)14(16)19/h5-6,10H,4,7-9H2,1-3H3,(H2,16,19). The third-order valence-corrected chi connectivity index (χ3v) is 3.59. The van der Waals surface area contributed by atoms with Gasteiger partial charge < -0.3 is 15.5 Å². The summed E-state index contributed by atoms with van der Waals surface area (Å²) in [4.78, 5) is 4.98. The number of hydrogen-bond donors (Lipinski definition) is 1. The maximum atomic E-state index is 5.85. The zero-order valence-corrected chi connectivity index (χ0v) is 14.2. The van der Waals surface area contributed by atoms with Gasteiger partial charge in [0.2, 0.25) is 0 Å². The summed E-state index contributed by atoms with van der Waals surface area (Å²) in [6.45, 7) is 5.16. The largest absolute Gasteiger partial charge is 0.389 e. The molecule has 0 spiro atoms. The van der Waals surface area contributed by atoms with E-state index < -0.39 is 0 Å². The normalized spacial score (nSPS) is 10.8. The molecule has 1 rings (SSSR count). The number of hydrogen-bond acceptors (Lipinski definition) is 3. The molecule has 0 saturated carbocycles. The van der Waals surface area contributed by atoms with Crippen molar-refractivity contribution in [2.45, 2.75) is 13.3 Å². The summed E-state index contributed by atoms with van der Waals surface area (Å²) in [5, 5.41) is 0. The van der Waals surface area contributed by atoms with Gasteiger partial charge in [0.25, 0.3) is 0 Å². The van der Waals surface area contributed by atoms with Gasteiger partial charge in [-0.1, -0.05) is 35.1 Å². The maximum Gasteiger partial charge on any atom is 0.106 e. The van der Waals surface area contributed by atoms with Crippen LogP contribution in [0.15, 0.2) is 22.7 Å². The van der Waals surface area contributed by atoms with Crippen molar-refractivity contribution in [1.29, 1.82) is 0 Å². The van der Waals surface area contributed by atoms with E-state index in [0.717, 1.165) is 41.8 Å². The monoisotopic (exact) mass is 343 g/mol. The minimum absolute atomic E-state index is 0.447. The quantitative estimate of drug-likeness (QED) is 0.771. The van der Waals surface area contributed by atoms with E-state index in [1.807, 2.05) is 12.1 Å². The Labute approximate surface area is 129 Å². The topological polar surface area (TPSA) is 32.5 Å². The molecule has 2 N–H and O–H groups in total. The first-order chi connectivity index (χ1) is 8.95. The van der Waals surface area contributed by atoms with Gasteiger partial charge in [-0.3, -0.25) is 0 Å². The highest BCUT2D eigenvalue weighted by molar-refractivity contribution is 9.10. The number of halogens is 1. The van der Waals surface area contributed by atoms with Crippen LogP contribution in [0.3, 0.4) is 0 Å². The van der Waals surface area contributed by atoms with Crippen LogP contribution < -0.4 is 10.6 Å². The minimum atomic E-state index is 0.447. The fourth-order valence-electron chi connectivity index (χ4n) is 1.92. The third kappa shape index (κ3) is 5.09. The van der Waals surface area contributed by atoms with Gasteiger partial charge in [0, 0.05) is 35.4 Å². The van der Waals surface area contributed by atoms with Gasteiger partial charge in [0.05, 0.1) is 0 Å². The van der Waals surface area contributed by atoms with Crippen molar-refractivity contribution in [2.24, 2.45) is 5.73 Å². The van der Waals surface area contributed by atoms with Crippen molar-refractivity contribution in [3.8, 4) is 0 Å². The van der Waals surface area contributed by atoms with Crippen LogP contribution in [-0.4, -0.2) is 43.6 Å². The van der Waals surface area contributed by atoms with E-state index in [1.165, 1.54) is 0 Å². The fraction of sp³-hybridized carbons (Fsp3) is 0.500. The first-order valence-corrected chi connectivity index (χ1v) is 7.64. The molecule has 0 fully saturated rings. The highest BCUT2D eigenvalue weighted by Gasteiger charge is 2.13. The second-order valence-electron chi connectivity index (χ2n) is 4.82. The number of benzene rings is 1. The van der Waals surface area contributed by atoms with E-state index >= 15 is 0 Å². The summed E-state index contributed by atoms with van der Waals surface area (Å²) in [6.07, 6.45) is 1.10. The van der Waals surface area contributed by atoms with Crippen molar-refractivity contribution in [2.75, 3.05) is 38.6 Å². The smallest absolute Gasteiger partial charge is 0.106 e. The molecule has 0 atom stereocenters. The van der Waals surface area contributed by atoms with Gasteiger partial charge in [0.15, 0.2) is 0 Å². The Hall–Kier alpha value is -0.650. The van der Waals surface area contributed by atoms with E-state index in [4.69, 9.17) is 18.0 Å². The predicted octanol–water partition coefficient (Wildman–Crippen LogP) is 2.86. The third-order valence-electron chi connectivity index (χ3n) is 2.88. The number of nitrogens with zero attached hydrogens (tertiary/aromatic N) is 2. The molecule has 1 aromatic rings. The van der Waals surface area contributed by atoms with E-state index in [2.05, 4.69) is 52.8 Å². The summed E-state index contributed by atoms with van der Waals surface area (Å²) in [5.41, 5.74) is 7.91. The molecule has 0 aliphatic heterocycles. The Balaban J connectivity index is 3.03. The summed E-state index contributed by atoms with van der Waals surface area (Å²) < 4.78 is 1.00. The molecule has 0 unspecified atom stereocenters. The van der Waals surface area contributed by atoms with Crippen molar-refractivity contribution in [3.05, 3.63) is 28.2 Å². The molecule has 3 nitrogen and oxygen atoms in total. The molecule has 0 bridgehead atoms. The lowest BCUT2D eigenvalue weighted by atomic mass is 10.1. The Morgan fingerprint density at radius 2 is 1.95 bits per heavy atom. The molecule has 1 aromatic carbocycles. The van der Waals surface area contributed by atoms with Gasteiger partial charge in [-0.25, -0.2) is 0 Å². The van der Waals surface area contributed by atoms with E-state index in [-0.39, 0.29) is 0 Å². The van der Waals surface area contributed by atoms with Gasteiger partial charge in [-0.05, 0) is 38.7 Å². The average Bonchev–Trinajstić information content (AvgIpc) is 2.34. The van der Waals surface area contributed by atoms with Crippen LogP contribution in [0.2, 0.25) is 0 Å². The molecule has 0 saturated heterocycles. The van der Waals surface area contributed by atoms with Crippen LogP contribution >= 0.6 is 28.1 Å². The summed E-state index contributed by atoms with van der Waals surface area (Å²) >= 11 is 8.64. The molecule has 19 heavy (non-hydrogen) atoms. The lowest BCUT2D eigenvalue weighted by molar-refractivity contribution is 0.413. The molecule has 0 heterocycles. The maximum absolute atomic E-state index is 5.85. The van der Waals surface area contributed by atoms with Crippen LogP contribution in [0.4, 0.5) is 5.69 Å². The van der Waals surface area contributed by atoms with E-state index in [0.29, 0.717) is 4.99 Å². The van der Waals surface area contributed by atoms with Crippen molar-refractivity contribution in [3.63, 3.8) is 0 Å². The first kappa shape index (κ1) is 16.4. The van der Waals surface area contributed by atoms with Crippen molar-refractivity contribution < 1.29 is 0 Å². The number of rotatable bonds is 7. The van der Waals surface area contributed by atoms with Crippen LogP contribution in [-0.2, 0) is 0 Å². The predicted molar refractivity (Wildman–Crippen MR) is 91.1 cm³/mol. The summed E-state index contributed by atoms with van der Waals surface area (Å²) in [7, 11) is 4.17. The molecule has 0 aromatic heterocycles. The van der Waals surface area contributed by atoms with Crippen LogP contribution in [0.5, 0.6) is 0 Å². The lowest BCUT2D eigenvalue weighted by Gasteiger charge is -2.28. The molecule has 0 radical (unpaired) electrons. The van der Waals surface area contributed by atoms with Gasteiger partial charge in [0.1, 0.15) is 4.99 Å². The Kier molecular flexibility index (Phi) is 6.75. The van der Waals surface area contributed by atoms with Gasteiger partial charge in [-0.2, -0.15) is 0 Å². The number of nitrogens with two attached hydrogens (primary N) is 1. The molecule has 0 aliphatic rings. The Bertz CT molecular complexity index is 435. The molecule has 0 aliphatic carbocycles. The highest BCUT2D eigenvalue weighted by Crippen LogP contribution is 2.25. The number of likely N-dealkylation sites (N-methyl/N-ethyl adjacent to an activating group) is 1. The van der Waals surface area contributed by atoms with Gasteiger partial charge in [-0.15, -0.1) is 0 Å². The van der Waals surface area contributed by atoms with Crippen LogP contribution in [0.1, 0.15) is 18.9 Å². The molecular weight excluding hydrogens is 322 g/mol. The Morgan fingerprint density at radius 1 is 1.26 bits per heavy atom. The van der Waals surface area contributed by atoms with Crippen molar-refractivity contribution in [1.82, 2.24) is 4.90 Å². The molecule has 5 heteroatoms. The summed E-state index contributed by atoms with van der Waals surface area (Å²) in [6, 6.07) is 6.12. The van der Waals surface area contributed by atoms with Crippen molar-refractivity contribution >= 4 is 38.8 Å². The molecule has 0 amide bonds. The Morgan fingerprint density at radius 3 is 2.47 bits per heavy atom. The zero-order chi connectivity index (χ0) is 14.4. The fourth-order valence-corrected chi connectivity index (χ4v) is 2.45. The number of anilines is 1. The van der Waals surface area contributed by atoms with E-state index in [9.17, 15) is 0 Å². The molecular formula is C14H22BrN3S. The molecule has 106 valence electrons.